The first-order chi connectivity index (χ1) is 5.43. The van der Waals surface area contributed by atoms with Crippen molar-refractivity contribution in [3.63, 3.8) is 0 Å². The fourth-order valence-electron chi connectivity index (χ4n) is 1.44. The van der Waals surface area contributed by atoms with Gasteiger partial charge in [0.15, 0.2) is 0 Å². The van der Waals surface area contributed by atoms with E-state index in [2.05, 4.69) is 11.2 Å². The van der Waals surface area contributed by atoms with Gasteiger partial charge >= 0.3 is 0 Å². The summed E-state index contributed by atoms with van der Waals surface area (Å²) in [6, 6.07) is 0. The molecule has 1 N–H and O–H groups in total. The molecular weight excluding hydrogens is 138 g/mol. The molecule has 62 valence electrons. The van der Waals surface area contributed by atoms with E-state index in [0.717, 1.165) is 12.8 Å². The molecule has 0 heterocycles. The standard InChI is InChI=1S/C9H15NO/c11-10-8-4-3-7-9-5-1-2-6-9/h5,8,11H,1-4,6-7H2/b10-8+. The summed E-state index contributed by atoms with van der Waals surface area (Å²) in [5.74, 6) is 0. The number of rotatable bonds is 4. The molecule has 11 heavy (non-hydrogen) atoms. The second-order valence-electron chi connectivity index (χ2n) is 2.94. The molecule has 0 aromatic carbocycles. The Morgan fingerprint density at radius 3 is 3.18 bits per heavy atom. The Hall–Kier alpha value is -0.790. The third kappa shape index (κ3) is 3.21. The lowest BCUT2D eigenvalue weighted by Gasteiger charge is -1.97. The lowest BCUT2D eigenvalue weighted by Crippen LogP contribution is -1.81. The van der Waals surface area contributed by atoms with Gasteiger partial charge in [0.05, 0.1) is 0 Å². The van der Waals surface area contributed by atoms with Crippen LogP contribution in [0.2, 0.25) is 0 Å². The minimum absolute atomic E-state index is 0.897. The normalized spacial score (nSPS) is 17.6. The summed E-state index contributed by atoms with van der Waals surface area (Å²) in [5, 5.41) is 11.1. The Bertz CT molecular complexity index is 161. The minimum Gasteiger partial charge on any atom is -0.411 e. The molecule has 0 saturated carbocycles. The first-order valence-corrected chi connectivity index (χ1v) is 4.27. The minimum atomic E-state index is 0.897. The summed E-state index contributed by atoms with van der Waals surface area (Å²) in [4.78, 5) is 0. The van der Waals surface area contributed by atoms with Crippen molar-refractivity contribution in [1.29, 1.82) is 0 Å². The van der Waals surface area contributed by atoms with Crippen molar-refractivity contribution < 1.29 is 5.21 Å². The van der Waals surface area contributed by atoms with Crippen LogP contribution in [-0.4, -0.2) is 11.4 Å². The molecule has 0 saturated heterocycles. The Kier molecular flexibility index (Phi) is 3.73. The number of allylic oxidation sites excluding steroid dienone is 2. The molecule has 0 atom stereocenters. The van der Waals surface area contributed by atoms with Crippen LogP contribution in [0.3, 0.4) is 0 Å². The molecule has 0 unspecified atom stereocenters. The van der Waals surface area contributed by atoms with Gasteiger partial charge < -0.3 is 5.21 Å². The number of hydrogen-bond donors (Lipinski definition) is 1. The lowest BCUT2D eigenvalue weighted by atomic mass is 10.1. The summed E-state index contributed by atoms with van der Waals surface area (Å²) in [7, 11) is 0. The Balaban J connectivity index is 2.02. The van der Waals surface area contributed by atoms with E-state index in [1.807, 2.05) is 0 Å². The number of nitrogens with zero attached hydrogens (tertiary/aromatic N) is 1. The quantitative estimate of drug-likeness (QED) is 0.217. The van der Waals surface area contributed by atoms with Gasteiger partial charge in [-0.25, -0.2) is 0 Å². The molecule has 2 heteroatoms. The fraction of sp³-hybridized carbons (Fsp3) is 0.667. The average molecular weight is 153 g/mol. The van der Waals surface area contributed by atoms with Crippen molar-refractivity contribution in [3.8, 4) is 0 Å². The van der Waals surface area contributed by atoms with E-state index in [1.54, 1.807) is 11.8 Å². The average Bonchev–Trinajstić information content (AvgIpc) is 2.50. The van der Waals surface area contributed by atoms with Crippen molar-refractivity contribution in [2.75, 3.05) is 0 Å². The molecule has 1 aliphatic carbocycles. The second-order valence-corrected chi connectivity index (χ2v) is 2.94. The van der Waals surface area contributed by atoms with Crippen LogP contribution < -0.4 is 0 Å². The van der Waals surface area contributed by atoms with Crippen LogP contribution >= 0.6 is 0 Å². The predicted octanol–water partition coefficient (Wildman–Crippen LogP) is 2.73. The zero-order valence-electron chi connectivity index (χ0n) is 6.79. The molecule has 0 aromatic rings. The molecule has 0 radical (unpaired) electrons. The van der Waals surface area contributed by atoms with Crippen molar-refractivity contribution >= 4 is 6.21 Å². The van der Waals surface area contributed by atoms with Crippen LogP contribution in [0.25, 0.3) is 0 Å². The topological polar surface area (TPSA) is 32.6 Å². The predicted molar refractivity (Wildman–Crippen MR) is 46.1 cm³/mol. The maximum Gasteiger partial charge on any atom is 0.0436 e. The van der Waals surface area contributed by atoms with Gasteiger partial charge in [-0.05, 0) is 38.5 Å². The van der Waals surface area contributed by atoms with Crippen molar-refractivity contribution in [1.82, 2.24) is 0 Å². The van der Waals surface area contributed by atoms with Gasteiger partial charge in [0, 0.05) is 6.21 Å². The molecule has 2 nitrogen and oxygen atoms in total. The van der Waals surface area contributed by atoms with Crippen molar-refractivity contribution in [2.45, 2.75) is 38.5 Å². The smallest absolute Gasteiger partial charge is 0.0436 e. The van der Waals surface area contributed by atoms with E-state index in [9.17, 15) is 0 Å². The molecule has 0 aromatic heterocycles. The number of unbranched alkanes of at least 4 members (excludes halogenated alkanes) is 1. The first-order valence-electron chi connectivity index (χ1n) is 4.27. The van der Waals surface area contributed by atoms with E-state index >= 15 is 0 Å². The van der Waals surface area contributed by atoms with E-state index in [4.69, 9.17) is 5.21 Å². The van der Waals surface area contributed by atoms with Crippen LogP contribution in [0.15, 0.2) is 16.8 Å². The second kappa shape index (κ2) is 4.94. The molecular formula is C9H15NO. The van der Waals surface area contributed by atoms with Gasteiger partial charge in [0.25, 0.3) is 0 Å². The highest BCUT2D eigenvalue weighted by molar-refractivity contribution is 5.55. The van der Waals surface area contributed by atoms with Gasteiger partial charge in [-0.15, -0.1) is 5.16 Å². The highest BCUT2D eigenvalue weighted by Gasteiger charge is 2.02. The lowest BCUT2D eigenvalue weighted by molar-refractivity contribution is 0.320. The van der Waals surface area contributed by atoms with Gasteiger partial charge in [0.2, 0.25) is 0 Å². The molecule has 1 aliphatic rings. The number of oxime groups is 1. The van der Waals surface area contributed by atoms with Gasteiger partial charge in [-0.2, -0.15) is 0 Å². The van der Waals surface area contributed by atoms with E-state index < -0.39 is 0 Å². The van der Waals surface area contributed by atoms with E-state index in [1.165, 1.54) is 25.7 Å². The molecule has 0 amide bonds. The van der Waals surface area contributed by atoms with Gasteiger partial charge in [-0.3, -0.25) is 0 Å². The Morgan fingerprint density at radius 2 is 2.55 bits per heavy atom. The highest BCUT2D eigenvalue weighted by atomic mass is 16.4. The van der Waals surface area contributed by atoms with Crippen LogP contribution in [-0.2, 0) is 0 Å². The fourth-order valence-corrected chi connectivity index (χ4v) is 1.44. The first kappa shape index (κ1) is 8.31. The Morgan fingerprint density at radius 1 is 1.64 bits per heavy atom. The zero-order chi connectivity index (χ0) is 7.94. The summed E-state index contributed by atoms with van der Waals surface area (Å²) in [6.07, 6.45) is 11.0. The van der Waals surface area contributed by atoms with Gasteiger partial charge in [0.1, 0.15) is 0 Å². The van der Waals surface area contributed by atoms with Crippen molar-refractivity contribution in [3.05, 3.63) is 11.6 Å². The summed E-state index contributed by atoms with van der Waals surface area (Å²) < 4.78 is 0. The summed E-state index contributed by atoms with van der Waals surface area (Å²) in [5.41, 5.74) is 1.59. The molecule has 0 spiro atoms. The summed E-state index contributed by atoms with van der Waals surface area (Å²) in [6.45, 7) is 0. The van der Waals surface area contributed by atoms with Crippen LogP contribution in [0, 0.1) is 0 Å². The summed E-state index contributed by atoms with van der Waals surface area (Å²) >= 11 is 0. The molecule has 0 bridgehead atoms. The maximum atomic E-state index is 8.11. The molecule has 1 rings (SSSR count). The van der Waals surface area contributed by atoms with E-state index in [-0.39, 0.29) is 0 Å². The maximum absolute atomic E-state index is 8.11. The van der Waals surface area contributed by atoms with Crippen LogP contribution in [0.1, 0.15) is 38.5 Å². The largest absolute Gasteiger partial charge is 0.411 e. The third-order valence-corrected chi connectivity index (χ3v) is 2.05. The zero-order valence-corrected chi connectivity index (χ0v) is 6.79. The van der Waals surface area contributed by atoms with Crippen LogP contribution in [0.5, 0.6) is 0 Å². The van der Waals surface area contributed by atoms with Crippen LogP contribution in [0.4, 0.5) is 0 Å². The van der Waals surface area contributed by atoms with Gasteiger partial charge in [-0.1, -0.05) is 11.6 Å². The van der Waals surface area contributed by atoms with E-state index in [0.29, 0.717) is 0 Å². The Labute approximate surface area is 67.6 Å². The molecule has 0 aliphatic heterocycles. The highest BCUT2D eigenvalue weighted by Crippen LogP contribution is 2.21. The molecule has 0 fully saturated rings. The third-order valence-electron chi connectivity index (χ3n) is 2.05. The SMILES string of the molecule is O/N=C/CCCC1=CCCC1. The monoisotopic (exact) mass is 153 g/mol. The number of hydrogen-bond acceptors (Lipinski definition) is 2. The van der Waals surface area contributed by atoms with Crippen molar-refractivity contribution in [2.24, 2.45) is 5.16 Å².